The lowest BCUT2D eigenvalue weighted by atomic mass is 10.3. The normalized spacial score (nSPS) is 10.0. The Bertz CT molecular complexity index is 493. The molecule has 1 amide bonds. The molecule has 94 valence electrons. The fourth-order valence-corrected chi connectivity index (χ4v) is 1.40. The largest absolute Gasteiger partial charge is 0.484 e. The lowest BCUT2D eigenvalue weighted by Gasteiger charge is -2.07. The molecule has 0 atom stereocenters. The van der Waals surface area contributed by atoms with E-state index >= 15 is 0 Å². The lowest BCUT2D eigenvalue weighted by Crippen LogP contribution is -2.19. The molecule has 0 unspecified atom stereocenters. The van der Waals surface area contributed by atoms with Crippen molar-refractivity contribution < 1.29 is 9.53 Å². The van der Waals surface area contributed by atoms with Gasteiger partial charge in [0, 0.05) is 18.1 Å². The van der Waals surface area contributed by atoms with Crippen molar-refractivity contribution in [3.8, 4) is 5.75 Å². The van der Waals surface area contributed by atoms with Crippen LogP contribution in [0.15, 0.2) is 36.7 Å². The summed E-state index contributed by atoms with van der Waals surface area (Å²) in [5.74, 6) is 0.983. The van der Waals surface area contributed by atoms with Crippen molar-refractivity contribution in [3.63, 3.8) is 0 Å². The first-order chi connectivity index (χ1) is 8.74. The van der Waals surface area contributed by atoms with Crippen molar-refractivity contribution in [2.45, 2.75) is 6.54 Å². The molecule has 1 aromatic heterocycles. The maximum absolute atomic E-state index is 10.5. The Balaban J connectivity index is 1.85. The quantitative estimate of drug-likeness (QED) is 0.705. The van der Waals surface area contributed by atoms with Crippen LogP contribution in [0.2, 0.25) is 0 Å². The molecule has 1 heterocycles. The molecule has 0 aliphatic carbocycles. The van der Waals surface area contributed by atoms with Gasteiger partial charge in [0.15, 0.2) is 6.61 Å². The highest BCUT2D eigenvalue weighted by molar-refractivity contribution is 5.75. The monoisotopic (exact) mass is 246 g/mol. The number of nitrogens with zero attached hydrogens (tertiary/aromatic N) is 1. The fraction of sp³-hybridized carbons (Fsp3) is 0.167. The zero-order valence-corrected chi connectivity index (χ0v) is 9.72. The number of nitrogens with two attached hydrogens (primary N) is 1. The van der Waals surface area contributed by atoms with Gasteiger partial charge in [-0.1, -0.05) is 0 Å². The Morgan fingerprint density at radius 2 is 2.17 bits per heavy atom. The van der Waals surface area contributed by atoms with Crippen LogP contribution in [0.4, 0.5) is 5.69 Å². The molecule has 0 bridgehead atoms. The number of rotatable bonds is 6. The molecule has 2 rings (SSSR count). The molecule has 0 spiro atoms. The maximum Gasteiger partial charge on any atom is 0.255 e. The van der Waals surface area contributed by atoms with Gasteiger partial charge in [0.25, 0.3) is 5.91 Å². The minimum Gasteiger partial charge on any atom is -0.484 e. The van der Waals surface area contributed by atoms with Gasteiger partial charge in [-0.3, -0.25) is 4.79 Å². The molecule has 0 saturated carbocycles. The third-order valence-electron chi connectivity index (χ3n) is 2.25. The van der Waals surface area contributed by atoms with Crippen LogP contribution in [0.1, 0.15) is 5.82 Å². The first kappa shape index (κ1) is 12.0. The van der Waals surface area contributed by atoms with E-state index in [1.165, 1.54) is 0 Å². The first-order valence-corrected chi connectivity index (χ1v) is 5.47. The van der Waals surface area contributed by atoms with Crippen LogP contribution in [0.5, 0.6) is 5.75 Å². The summed E-state index contributed by atoms with van der Waals surface area (Å²) in [6.07, 6.45) is 3.48. The number of ether oxygens (including phenoxy) is 1. The second-order valence-electron chi connectivity index (χ2n) is 3.67. The number of aromatic amines is 1. The minimum atomic E-state index is -0.491. The molecule has 6 nitrogen and oxygen atoms in total. The van der Waals surface area contributed by atoms with Crippen LogP contribution < -0.4 is 15.8 Å². The second-order valence-corrected chi connectivity index (χ2v) is 3.67. The van der Waals surface area contributed by atoms with Crippen molar-refractivity contribution in [1.82, 2.24) is 9.97 Å². The third kappa shape index (κ3) is 3.51. The summed E-state index contributed by atoms with van der Waals surface area (Å²) in [6.45, 7) is 0.508. The van der Waals surface area contributed by atoms with E-state index in [0.29, 0.717) is 12.3 Å². The van der Waals surface area contributed by atoms with Gasteiger partial charge in [-0.25, -0.2) is 4.98 Å². The third-order valence-corrected chi connectivity index (χ3v) is 2.25. The van der Waals surface area contributed by atoms with Gasteiger partial charge in [-0.15, -0.1) is 0 Å². The van der Waals surface area contributed by atoms with E-state index in [2.05, 4.69) is 15.3 Å². The van der Waals surface area contributed by atoms with Crippen LogP contribution >= 0.6 is 0 Å². The Morgan fingerprint density at radius 1 is 1.39 bits per heavy atom. The number of H-pyrrole nitrogens is 1. The highest BCUT2D eigenvalue weighted by atomic mass is 16.5. The van der Waals surface area contributed by atoms with E-state index in [9.17, 15) is 4.79 Å². The standard InChI is InChI=1S/C12H14N4O2/c13-11(17)8-18-10-3-1-9(2-4-10)16-7-12-14-5-6-15-12/h1-6,16H,7-8H2,(H2,13,17)(H,14,15). The predicted octanol–water partition coefficient (Wildman–Crippen LogP) is 0.886. The van der Waals surface area contributed by atoms with E-state index in [1.807, 2.05) is 12.1 Å². The number of amides is 1. The van der Waals surface area contributed by atoms with Crippen LogP contribution in [0, 0.1) is 0 Å². The molecule has 0 fully saturated rings. The number of imidazole rings is 1. The number of carbonyl (C=O) groups is 1. The van der Waals surface area contributed by atoms with Gasteiger partial charge >= 0.3 is 0 Å². The molecule has 2 aromatic rings. The Hall–Kier alpha value is -2.50. The van der Waals surface area contributed by atoms with Crippen molar-refractivity contribution in [1.29, 1.82) is 0 Å². The molecular weight excluding hydrogens is 232 g/mol. The SMILES string of the molecule is NC(=O)COc1ccc(NCc2ncc[nH]2)cc1. The van der Waals surface area contributed by atoms with E-state index < -0.39 is 5.91 Å². The Labute approximate surface area is 104 Å². The summed E-state index contributed by atoms with van der Waals surface area (Å²) in [7, 11) is 0. The number of hydrogen-bond acceptors (Lipinski definition) is 4. The summed E-state index contributed by atoms with van der Waals surface area (Å²) < 4.78 is 5.15. The number of carbonyl (C=O) groups excluding carboxylic acids is 1. The molecule has 0 radical (unpaired) electrons. The molecule has 6 heteroatoms. The summed E-state index contributed by atoms with van der Waals surface area (Å²) in [4.78, 5) is 17.7. The molecule has 18 heavy (non-hydrogen) atoms. The van der Waals surface area contributed by atoms with Crippen LogP contribution in [-0.2, 0) is 11.3 Å². The van der Waals surface area contributed by atoms with E-state index in [-0.39, 0.29) is 6.61 Å². The average molecular weight is 246 g/mol. The van der Waals surface area contributed by atoms with E-state index in [0.717, 1.165) is 11.5 Å². The topological polar surface area (TPSA) is 93.0 Å². The van der Waals surface area contributed by atoms with Crippen LogP contribution in [0.25, 0.3) is 0 Å². The zero-order chi connectivity index (χ0) is 12.8. The highest BCUT2D eigenvalue weighted by Gasteiger charge is 1.99. The van der Waals surface area contributed by atoms with Crippen LogP contribution in [0.3, 0.4) is 0 Å². The highest BCUT2D eigenvalue weighted by Crippen LogP contribution is 2.15. The molecule has 0 aliphatic rings. The van der Waals surface area contributed by atoms with Gasteiger partial charge in [0.2, 0.25) is 0 Å². The number of benzene rings is 1. The number of aromatic nitrogens is 2. The Morgan fingerprint density at radius 3 is 2.78 bits per heavy atom. The van der Waals surface area contributed by atoms with Gasteiger partial charge in [0.05, 0.1) is 6.54 Å². The summed E-state index contributed by atoms with van der Waals surface area (Å²) in [6, 6.07) is 7.26. The number of hydrogen-bond donors (Lipinski definition) is 3. The van der Waals surface area contributed by atoms with E-state index in [4.69, 9.17) is 10.5 Å². The molecular formula is C12H14N4O2. The molecule has 4 N–H and O–H groups in total. The van der Waals surface area contributed by atoms with Crippen molar-refractivity contribution in [3.05, 3.63) is 42.5 Å². The van der Waals surface area contributed by atoms with Crippen molar-refractivity contribution >= 4 is 11.6 Å². The summed E-state index contributed by atoms with van der Waals surface area (Å²) in [5.41, 5.74) is 5.93. The van der Waals surface area contributed by atoms with Crippen molar-refractivity contribution in [2.75, 3.05) is 11.9 Å². The second kappa shape index (κ2) is 5.72. The lowest BCUT2D eigenvalue weighted by molar-refractivity contribution is -0.119. The number of nitrogens with one attached hydrogen (secondary N) is 2. The summed E-state index contributed by atoms with van der Waals surface area (Å²) >= 11 is 0. The van der Waals surface area contributed by atoms with Crippen molar-refractivity contribution in [2.24, 2.45) is 5.73 Å². The van der Waals surface area contributed by atoms with Gasteiger partial charge in [0.1, 0.15) is 11.6 Å². The average Bonchev–Trinajstić information content (AvgIpc) is 2.88. The zero-order valence-electron chi connectivity index (χ0n) is 9.72. The van der Waals surface area contributed by atoms with Gasteiger partial charge in [-0.05, 0) is 24.3 Å². The maximum atomic E-state index is 10.5. The van der Waals surface area contributed by atoms with E-state index in [1.54, 1.807) is 24.5 Å². The van der Waals surface area contributed by atoms with Crippen LogP contribution in [-0.4, -0.2) is 22.5 Å². The summed E-state index contributed by atoms with van der Waals surface area (Å²) in [5, 5.41) is 3.20. The van der Waals surface area contributed by atoms with Gasteiger partial charge < -0.3 is 20.8 Å². The predicted molar refractivity (Wildman–Crippen MR) is 67.0 cm³/mol. The molecule has 0 saturated heterocycles. The van der Waals surface area contributed by atoms with Gasteiger partial charge in [-0.2, -0.15) is 0 Å². The number of primary amides is 1. The fourth-order valence-electron chi connectivity index (χ4n) is 1.40. The first-order valence-electron chi connectivity index (χ1n) is 5.47. The minimum absolute atomic E-state index is 0.112. The Kier molecular flexibility index (Phi) is 3.80. The molecule has 1 aromatic carbocycles. The smallest absolute Gasteiger partial charge is 0.255 e. The number of anilines is 1. The molecule has 0 aliphatic heterocycles.